The van der Waals surface area contributed by atoms with E-state index in [4.69, 9.17) is 14.9 Å². The zero-order chi connectivity index (χ0) is 6.85. The molecule has 2 N–H and O–H groups in total. The van der Waals surface area contributed by atoms with Crippen LogP contribution in [0, 0.1) is 0 Å². The summed E-state index contributed by atoms with van der Waals surface area (Å²) in [7, 11) is 0. The van der Waals surface area contributed by atoms with Crippen molar-refractivity contribution >= 4 is 0 Å². The lowest BCUT2D eigenvalue weighted by atomic mass is 10.3. The van der Waals surface area contributed by atoms with E-state index in [0.29, 0.717) is 0 Å². The first kappa shape index (κ1) is 6.95. The van der Waals surface area contributed by atoms with Crippen molar-refractivity contribution < 1.29 is 19.7 Å². The van der Waals surface area contributed by atoms with Crippen LogP contribution in [0.15, 0.2) is 0 Å². The van der Waals surface area contributed by atoms with Gasteiger partial charge in [-0.1, -0.05) is 0 Å². The molecule has 0 spiro atoms. The molecular formula is C5H10O4. The summed E-state index contributed by atoms with van der Waals surface area (Å²) in [6.07, 6.45) is -2.31. The van der Waals surface area contributed by atoms with Gasteiger partial charge in [-0.2, -0.15) is 0 Å². The zero-order valence-corrected chi connectivity index (χ0v) is 5.15. The highest BCUT2D eigenvalue weighted by Gasteiger charge is 2.25. The Morgan fingerprint density at radius 3 is 2.56 bits per heavy atom. The van der Waals surface area contributed by atoms with E-state index in [1.807, 2.05) is 0 Å². The summed E-state index contributed by atoms with van der Waals surface area (Å²) in [4.78, 5) is 0. The molecule has 0 aromatic heterocycles. The van der Waals surface area contributed by atoms with Crippen LogP contribution in [-0.2, 0) is 9.47 Å². The van der Waals surface area contributed by atoms with E-state index >= 15 is 0 Å². The summed E-state index contributed by atoms with van der Waals surface area (Å²) in [6.45, 7) is 1.81. The summed E-state index contributed by atoms with van der Waals surface area (Å²) in [5, 5.41) is 17.5. The van der Waals surface area contributed by atoms with Gasteiger partial charge >= 0.3 is 0 Å². The number of hydrogen-bond donors (Lipinski definition) is 2. The van der Waals surface area contributed by atoms with Gasteiger partial charge < -0.3 is 19.7 Å². The molecule has 0 amide bonds. The molecule has 1 fully saturated rings. The SMILES string of the molecule is C[C@H]1OC[C@@H](O)OC1O. The molecule has 1 heterocycles. The molecule has 0 bridgehead atoms. The molecule has 0 aromatic carbocycles. The van der Waals surface area contributed by atoms with E-state index in [-0.39, 0.29) is 12.7 Å². The fourth-order valence-electron chi connectivity index (χ4n) is 0.627. The van der Waals surface area contributed by atoms with E-state index in [1.54, 1.807) is 6.92 Å². The van der Waals surface area contributed by atoms with Gasteiger partial charge in [0, 0.05) is 0 Å². The lowest BCUT2D eigenvalue weighted by molar-refractivity contribution is -0.303. The Labute approximate surface area is 53.0 Å². The van der Waals surface area contributed by atoms with Crippen molar-refractivity contribution in [3.63, 3.8) is 0 Å². The monoisotopic (exact) mass is 134 g/mol. The third kappa shape index (κ3) is 1.62. The first-order valence-corrected chi connectivity index (χ1v) is 2.83. The van der Waals surface area contributed by atoms with E-state index in [2.05, 4.69) is 4.74 Å². The van der Waals surface area contributed by atoms with Gasteiger partial charge in [-0.3, -0.25) is 0 Å². The highest BCUT2D eigenvalue weighted by atomic mass is 16.7. The highest BCUT2D eigenvalue weighted by Crippen LogP contribution is 2.09. The van der Waals surface area contributed by atoms with E-state index in [1.165, 1.54) is 0 Å². The van der Waals surface area contributed by atoms with Crippen LogP contribution in [0.2, 0.25) is 0 Å². The minimum Gasteiger partial charge on any atom is -0.368 e. The summed E-state index contributed by atoms with van der Waals surface area (Å²) in [5.41, 5.74) is 0. The van der Waals surface area contributed by atoms with E-state index < -0.39 is 12.6 Å². The number of ether oxygens (including phenoxy) is 2. The molecule has 1 rings (SSSR count). The Bertz CT molecular complexity index is 95.0. The van der Waals surface area contributed by atoms with Crippen LogP contribution in [0.4, 0.5) is 0 Å². The topological polar surface area (TPSA) is 58.9 Å². The predicted octanol–water partition coefficient (Wildman–Crippen LogP) is -0.942. The number of aliphatic hydroxyl groups excluding tert-OH is 2. The summed E-state index contributed by atoms with van der Waals surface area (Å²) in [6, 6.07) is 0. The molecule has 1 aliphatic heterocycles. The van der Waals surface area contributed by atoms with Crippen molar-refractivity contribution in [2.24, 2.45) is 0 Å². The van der Waals surface area contributed by atoms with Crippen LogP contribution < -0.4 is 0 Å². The highest BCUT2D eigenvalue weighted by molar-refractivity contribution is 4.59. The van der Waals surface area contributed by atoms with Gasteiger partial charge in [0.1, 0.15) is 6.10 Å². The number of hydrogen-bond acceptors (Lipinski definition) is 4. The van der Waals surface area contributed by atoms with Crippen molar-refractivity contribution in [2.75, 3.05) is 6.61 Å². The smallest absolute Gasteiger partial charge is 0.184 e. The fraction of sp³-hybridized carbons (Fsp3) is 1.00. The van der Waals surface area contributed by atoms with E-state index in [9.17, 15) is 0 Å². The summed E-state index contributed by atoms with van der Waals surface area (Å²) < 4.78 is 9.46. The molecule has 0 aromatic rings. The quantitative estimate of drug-likeness (QED) is 0.449. The fourth-order valence-corrected chi connectivity index (χ4v) is 0.627. The third-order valence-electron chi connectivity index (χ3n) is 1.20. The molecule has 3 atom stereocenters. The van der Waals surface area contributed by atoms with Gasteiger partial charge in [-0.15, -0.1) is 0 Å². The van der Waals surface area contributed by atoms with Gasteiger partial charge in [0.05, 0.1) is 6.61 Å². The molecule has 0 aliphatic carbocycles. The van der Waals surface area contributed by atoms with Crippen LogP contribution in [0.25, 0.3) is 0 Å². The Hall–Kier alpha value is -0.160. The standard InChI is InChI=1S/C5H10O4/c1-3-5(7)9-4(6)2-8-3/h3-7H,2H2,1H3/t3-,4+,5?/m1/s1. The summed E-state index contributed by atoms with van der Waals surface area (Å²) in [5.74, 6) is 0. The molecule has 1 aliphatic rings. The molecular weight excluding hydrogens is 124 g/mol. The van der Waals surface area contributed by atoms with Gasteiger partial charge in [-0.05, 0) is 6.92 Å². The second-order valence-corrected chi connectivity index (χ2v) is 2.02. The third-order valence-corrected chi connectivity index (χ3v) is 1.20. The average Bonchev–Trinajstić information content (AvgIpc) is 1.80. The molecule has 9 heavy (non-hydrogen) atoms. The lowest BCUT2D eigenvalue weighted by Gasteiger charge is -2.28. The molecule has 0 radical (unpaired) electrons. The predicted molar refractivity (Wildman–Crippen MR) is 28.5 cm³/mol. The molecule has 4 nitrogen and oxygen atoms in total. The first-order valence-electron chi connectivity index (χ1n) is 2.83. The maximum Gasteiger partial charge on any atom is 0.184 e. The van der Waals surface area contributed by atoms with Crippen molar-refractivity contribution in [3.8, 4) is 0 Å². The summed E-state index contributed by atoms with van der Waals surface area (Å²) >= 11 is 0. The second kappa shape index (κ2) is 2.62. The Kier molecular flexibility index (Phi) is 2.02. The Balaban J connectivity index is 2.35. The minimum atomic E-state index is -0.992. The van der Waals surface area contributed by atoms with Crippen LogP contribution in [0.1, 0.15) is 6.92 Å². The molecule has 1 saturated heterocycles. The van der Waals surface area contributed by atoms with Crippen molar-refractivity contribution in [1.82, 2.24) is 0 Å². The largest absolute Gasteiger partial charge is 0.368 e. The Morgan fingerprint density at radius 2 is 2.11 bits per heavy atom. The van der Waals surface area contributed by atoms with Crippen LogP contribution >= 0.6 is 0 Å². The lowest BCUT2D eigenvalue weighted by Crippen LogP contribution is -2.41. The normalized spacial score (nSPS) is 45.0. The van der Waals surface area contributed by atoms with Gasteiger partial charge in [0.15, 0.2) is 12.6 Å². The van der Waals surface area contributed by atoms with Crippen molar-refractivity contribution in [2.45, 2.75) is 25.6 Å². The average molecular weight is 134 g/mol. The molecule has 0 saturated carbocycles. The van der Waals surface area contributed by atoms with Crippen molar-refractivity contribution in [1.29, 1.82) is 0 Å². The molecule has 4 heteroatoms. The van der Waals surface area contributed by atoms with Crippen LogP contribution in [-0.4, -0.2) is 35.5 Å². The van der Waals surface area contributed by atoms with Crippen molar-refractivity contribution in [3.05, 3.63) is 0 Å². The van der Waals surface area contributed by atoms with Gasteiger partial charge in [-0.25, -0.2) is 0 Å². The van der Waals surface area contributed by atoms with Crippen LogP contribution in [0.3, 0.4) is 0 Å². The molecule has 54 valence electrons. The zero-order valence-electron chi connectivity index (χ0n) is 5.15. The number of rotatable bonds is 0. The maximum atomic E-state index is 8.84. The van der Waals surface area contributed by atoms with E-state index in [0.717, 1.165) is 0 Å². The molecule has 1 unspecified atom stereocenters. The second-order valence-electron chi connectivity index (χ2n) is 2.02. The van der Waals surface area contributed by atoms with Gasteiger partial charge in [0.2, 0.25) is 0 Å². The maximum absolute atomic E-state index is 8.84. The first-order chi connectivity index (χ1) is 4.20. The minimum absolute atomic E-state index is 0.137. The number of aliphatic hydroxyl groups is 2. The van der Waals surface area contributed by atoms with Gasteiger partial charge in [0.25, 0.3) is 0 Å². The van der Waals surface area contributed by atoms with Crippen LogP contribution in [0.5, 0.6) is 0 Å². The Morgan fingerprint density at radius 1 is 1.44 bits per heavy atom.